The molecule has 3 aliphatic rings. The molecule has 1 aliphatic carbocycles. The van der Waals surface area contributed by atoms with E-state index in [1.165, 1.54) is 12.1 Å². The Bertz CT molecular complexity index is 1570. The van der Waals surface area contributed by atoms with Gasteiger partial charge in [-0.1, -0.05) is 47.7 Å². The van der Waals surface area contributed by atoms with Crippen molar-refractivity contribution < 1.29 is 29.2 Å². The Morgan fingerprint density at radius 3 is 2.58 bits per heavy atom. The topological polar surface area (TPSA) is 116 Å². The lowest BCUT2D eigenvalue weighted by atomic mass is 9.73. The number of phenolic OH excluding ortho intramolecular Hbond substituents is 1. The second-order valence-corrected chi connectivity index (χ2v) is 12.3. The number of halogens is 1. The lowest BCUT2D eigenvalue weighted by Crippen LogP contribution is -2.59. The van der Waals surface area contributed by atoms with E-state index in [-0.39, 0.29) is 42.2 Å². The summed E-state index contributed by atoms with van der Waals surface area (Å²) in [6.45, 7) is 3.20. The highest BCUT2D eigenvalue weighted by Crippen LogP contribution is 2.45. The van der Waals surface area contributed by atoms with Crippen LogP contribution in [0.15, 0.2) is 85.1 Å². The molecule has 45 heavy (non-hydrogen) atoms. The molecule has 7 atom stereocenters. The number of fused-ring (bicyclic) bond motifs is 1. The van der Waals surface area contributed by atoms with Crippen LogP contribution in [0.2, 0.25) is 0 Å². The number of aromatic nitrogens is 3. The fraction of sp³-hybridized carbons (Fsp3) is 0.412. The average Bonchev–Trinajstić information content (AvgIpc) is 3.56. The van der Waals surface area contributed by atoms with Crippen LogP contribution in [0.5, 0.6) is 5.75 Å². The molecule has 0 bridgehead atoms. The van der Waals surface area contributed by atoms with Crippen molar-refractivity contribution in [2.75, 3.05) is 44.3 Å². The minimum Gasteiger partial charge on any atom is -0.508 e. The summed E-state index contributed by atoms with van der Waals surface area (Å²) in [5, 5.41) is 40.8. The zero-order valence-corrected chi connectivity index (χ0v) is 24.8. The Morgan fingerprint density at radius 1 is 0.978 bits per heavy atom. The molecule has 0 spiro atoms. The van der Waals surface area contributed by atoms with E-state index >= 15 is 0 Å². The number of piperazine rings is 1. The summed E-state index contributed by atoms with van der Waals surface area (Å²) in [6.07, 6.45) is 0.719. The van der Waals surface area contributed by atoms with Crippen molar-refractivity contribution in [2.45, 2.75) is 37.0 Å². The zero-order valence-electron chi connectivity index (χ0n) is 24.8. The number of aliphatic hydroxyl groups excluding tert-OH is 2. The van der Waals surface area contributed by atoms with E-state index < -0.39 is 18.4 Å². The first-order valence-corrected chi connectivity index (χ1v) is 15.5. The minimum atomic E-state index is -0.800. The predicted molar refractivity (Wildman–Crippen MR) is 165 cm³/mol. The highest BCUT2D eigenvalue weighted by molar-refractivity contribution is 5.57. The fourth-order valence-corrected chi connectivity index (χ4v) is 7.20. The van der Waals surface area contributed by atoms with Crippen molar-refractivity contribution in [3.8, 4) is 17.0 Å². The van der Waals surface area contributed by atoms with Gasteiger partial charge in [-0.05, 0) is 42.8 Å². The molecule has 3 heterocycles. The Kier molecular flexibility index (Phi) is 8.52. The summed E-state index contributed by atoms with van der Waals surface area (Å²) in [6, 6.07) is 22.4. The predicted octanol–water partition coefficient (Wildman–Crippen LogP) is 3.63. The summed E-state index contributed by atoms with van der Waals surface area (Å²) < 4.78 is 28.5. The quantitative estimate of drug-likeness (QED) is 0.287. The van der Waals surface area contributed by atoms with Crippen molar-refractivity contribution in [3.05, 3.63) is 96.4 Å². The van der Waals surface area contributed by atoms with Gasteiger partial charge in [0, 0.05) is 54.8 Å². The van der Waals surface area contributed by atoms with E-state index in [1.54, 1.807) is 35.1 Å². The molecule has 2 aliphatic heterocycles. The largest absolute Gasteiger partial charge is 0.508 e. The molecule has 0 amide bonds. The zero-order chi connectivity index (χ0) is 30.9. The van der Waals surface area contributed by atoms with Crippen LogP contribution in [0.1, 0.15) is 24.3 Å². The summed E-state index contributed by atoms with van der Waals surface area (Å²) >= 11 is 0. The molecule has 2 saturated heterocycles. The molecule has 3 N–H and O–H groups in total. The van der Waals surface area contributed by atoms with Gasteiger partial charge >= 0.3 is 0 Å². The van der Waals surface area contributed by atoms with Gasteiger partial charge in [0.1, 0.15) is 23.3 Å². The molecule has 3 fully saturated rings. The number of rotatable bonds is 7. The van der Waals surface area contributed by atoms with Crippen LogP contribution in [-0.4, -0.2) is 92.9 Å². The molecule has 7 rings (SSSR count). The van der Waals surface area contributed by atoms with Gasteiger partial charge < -0.3 is 29.7 Å². The van der Waals surface area contributed by atoms with E-state index in [4.69, 9.17) is 9.47 Å². The molecular weight excluding hydrogens is 577 g/mol. The molecule has 2 unspecified atom stereocenters. The first-order chi connectivity index (χ1) is 22.0. The van der Waals surface area contributed by atoms with Gasteiger partial charge in [0.15, 0.2) is 6.29 Å². The van der Waals surface area contributed by atoms with Crippen LogP contribution in [-0.2, 0) is 9.47 Å². The summed E-state index contributed by atoms with van der Waals surface area (Å²) in [7, 11) is 0. The van der Waals surface area contributed by atoms with Crippen LogP contribution >= 0.6 is 0 Å². The number of hydrogen-bond acceptors (Lipinski definition) is 9. The Hall–Kier alpha value is -3.87. The Morgan fingerprint density at radius 2 is 1.80 bits per heavy atom. The van der Waals surface area contributed by atoms with Gasteiger partial charge in [-0.15, -0.1) is 5.10 Å². The maximum Gasteiger partial charge on any atom is 0.184 e. The van der Waals surface area contributed by atoms with Gasteiger partial charge in [0.2, 0.25) is 0 Å². The van der Waals surface area contributed by atoms with E-state index in [0.717, 1.165) is 17.8 Å². The molecule has 0 radical (unpaired) electrons. The highest BCUT2D eigenvalue weighted by Gasteiger charge is 2.50. The SMILES string of the molecule is OCC1CN(C[C@@H]2C[C@@H]3COC(c4ccccc4)O[C@@H]3[C@H](n3cc(-c4cccc(F)c4)nn3)[C@H]2O)CCN1c1ccc(O)cc1. The number of anilines is 1. The van der Waals surface area contributed by atoms with Gasteiger partial charge in [-0.3, -0.25) is 4.90 Å². The normalized spacial score (nSPS) is 29.0. The maximum atomic E-state index is 14.0. The molecule has 11 heteroatoms. The third-order valence-corrected chi connectivity index (χ3v) is 9.44. The standard InChI is InChI=1S/C34H38FN5O5/c35-26-8-4-7-23(16-26)30-19-40(37-36-30)31-32(43)24(15-25-21-44-34(45-33(25)31)22-5-2-1-3-6-22)17-38-13-14-39(28(18-38)20-41)27-9-11-29(42)12-10-27/h1-12,16,19,24-25,28,31-34,41-43H,13-15,17-18,20-21H2/t24-,25+,28?,31+,32-,33-,34?/m0/s1. The number of aliphatic hydroxyl groups is 2. The number of nitrogens with zero attached hydrogens (tertiary/aromatic N) is 5. The molecule has 3 aromatic carbocycles. The Labute approximate surface area is 261 Å². The lowest BCUT2D eigenvalue weighted by Gasteiger charge is -2.50. The first-order valence-electron chi connectivity index (χ1n) is 15.5. The van der Waals surface area contributed by atoms with E-state index in [1.807, 2.05) is 42.5 Å². The van der Waals surface area contributed by atoms with Crippen LogP contribution in [0.4, 0.5) is 10.1 Å². The number of hydrogen-bond donors (Lipinski definition) is 3. The Balaban J connectivity index is 1.13. The smallest absolute Gasteiger partial charge is 0.184 e. The summed E-state index contributed by atoms with van der Waals surface area (Å²) in [5.41, 5.74) is 2.99. The third-order valence-electron chi connectivity index (χ3n) is 9.44. The maximum absolute atomic E-state index is 14.0. The van der Waals surface area contributed by atoms with E-state index in [9.17, 15) is 19.7 Å². The highest BCUT2D eigenvalue weighted by atomic mass is 19.1. The van der Waals surface area contributed by atoms with Crippen molar-refractivity contribution in [2.24, 2.45) is 11.8 Å². The van der Waals surface area contributed by atoms with Crippen molar-refractivity contribution >= 4 is 5.69 Å². The number of ether oxygens (including phenoxy) is 2. The molecule has 1 aromatic heterocycles. The fourth-order valence-electron chi connectivity index (χ4n) is 7.20. The number of aromatic hydroxyl groups is 1. The first kappa shape index (κ1) is 29.8. The lowest BCUT2D eigenvalue weighted by molar-refractivity contribution is -0.275. The third kappa shape index (κ3) is 6.18. The number of phenols is 1. The number of benzene rings is 3. The summed E-state index contributed by atoms with van der Waals surface area (Å²) in [5.74, 6) is -0.251. The second kappa shape index (κ2) is 12.9. The van der Waals surface area contributed by atoms with Gasteiger partial charge in [-0.2, -0.15) is 0 Å². The average molecular weight is 616 g/mol. The molecular formula is C34H38FN5O5. The molecule has 4 aromatic rings. The molecule has 10 nitrogen and oxygen atoms in total. The van der Waals surface area contributed by atoms with Crippen LogP contribution in [0.3, 0.4) is 0 Å². The van der Waals surface area contributed by atoms with Gasteiger partial charge in [-0.25, -0.2) is 9.07 Å². The van der Waals surface area contributed by atoms with Crippen molar-refractivity contribution in [3.63, 3.8) is 0 Å². The van der Waals surface area contributed by atoms with E-state index in [2.05, 4.69) is 20.1 Å². The van der Waals surface area contributed by atoms with Gasteiger partial charge in [0.25, 0.3) is 0 Å². The molecule has 236 valence electrons. The van der Waals surface area contributed by atoms with E-state index in [0.29, 0.717) is 43.9 Å². The monoisotopic (exact) mass is 615 g/mol. The van der Waals surface area contributed by atoms with Crippen LogP contribution in [0.25, 0.3) is 11.3 Å². The van der Waals surface area contributed by atoms with Crippen LogP contribution < -0.4 is 4.90 Å². The van der Waals surface area contributed by atoms with Crippen molar-refractivity contribution in [1.82, 2.24) is 19.9 Å². The minimum absolute atomic E-state index is 0.0112. The molecule has 1 saturated carbocycles. The van der Waals surface area contributed by atoms with Crippen molar-refractivity contribution in [1.29, 1.82) is 0 Å². The van der Waals surface area contributed by atoms with Crippen LogP contribution in [0, 0.1) is 17.7 Å². The summed E-state index contributed by atoms with van der Waals surface area (Å²) in [4.78, 5) is 4.47. The second-order valence-electron chi connectivity index (χ2n) is 12.3. The van der Waals surface area contributed by atoms with Gasteiger partial charge in [0.05, 0.1) is 37.7 Å².